The van der Waals surface area contributed by atoms with Crippen molar-refractivity contribution in [3.05, 3.63) is 52.0 Å². The standard InChI is InChI=1S/C16H16N2O5S/c19-15(20)12-10-24-14(17-12)13-8-18(6-7-22-13)16(21)23-9-11-4-2-1-3-5-11/h1-5,10,13H,6-9H2,(H,19,20). The van der Waals surface area contributed by atoms with Gasteiger partial charge in [0.2, 0.25) is 0 Å². The van der Waals surface area contributed by atoms with Gasteiger partial charge in [-0.1, -0.05) is 30.3 Å². The molecule has 126 valence electrons. The van der Waals surface area contributed by atoms with E-state index in [1.165, 1.54) is 16.7 Å². The highest BCUT2D eigenvalue weighted by Crippen LogP contribution is 2.25. The third-order valence-electron chi connectivity index (χ3n) is 3.55. The fourth-order valence-corrected chi connectivity index (χ4v) is 3.14. The molecule has 0 bridgehead atoms. The van der Waals surface area contributed by atoms with E-state index in [2.05, 4.69) is 4.98 Å². The van der Waals surface area contributed by atoms with Gasteiger partial charge in [0.1, 0.15) is 17.7 Å². The van der Waals surface area contributed by atoms with Crippen molar-refractivity contribution in [2.24, 2.45) is 0 Å². The number of aromatic nitrogens is 1. The van der Waals surface area contributed by atoms with E-state index in [0.29, 0.717) is 24.7 Å². The summed E-state index contributed by atoms with van der Waals surface area (Å²) in [4.78, 5) is 28.7. The Kier molecular flexibility index (Phi) is 5.07. The van der Waals surface area contributed by atoms with Crippen LogP contribution in [0.4, 0.5) is 4.79 Å². The lowest BCUT2D eigenvalue weighted by Crippen LogP contribution is -2.42. The third kappa shape index (κ3) is 3.90. The van der Waals surface area contributed by atoms with Gasteiger partial charge in [0.05, 0.1) is 13.2 Å². The first-order valence-electron chi connectivity index (χ1n) is 7.39. The topological polar surface area (TPSA) is 89.0 Å². The predicted octanol–water partition coefficient (Wildman–Crippen LogP) is 2.55. The molecule has 2 aromatic rings. The largest absolute Gasteiger partial charge is 0.476 e. The number of carbonyl (C=O) groups is 2. The van der Waals surface area contributed by atoms with Crippen LogP contribution in [0.5, 0.6) is 0 Å². The van der Waals surface area contributed by atoms with Crippen LogP contribution in [0, 0.1) is 0 Å². The Labute approximate surface area is 142 Å². The minimum absolute atomic E-state index is 0.0117. The van der Waals surface area contributed by atoms with Crippen LogP contribution in [0.3, 0.4) is 0 Å². The van der Waals surface area contributed by atoms with Crippen LogP contribution in [0.2, 0.25) is 0 Å². The second-order valence-electron chi connectivity index (χ2n) is 5.22. The van der Waals surface area contributed by atoms with Gasteiger partial charge in [0.25, 0.3) is 0 Å². The van der Waals surface area contributed by atoms with E-state index in [4.69, 9.17) is 14.6 Å². The quantitative estimate of drug-likeness (QED) is 0.913. The fourth-order valence-electron chi connectivity index (χ4n) is 2.31. The maximum atomic E-state index is 12.2. The van der Waals surface area contributed by atoms with Gasteiger partial charge < -0.3 is 19.5 Å². The molecule has 1 atom stereocenters. The first-order chi connectivity index (χ1) is 11.6. The number of carboxylic acid groups (broad SMARTS) is 1. The molecule has 1 amide bonds. The normalized spacial score (nSPS) is 17.5. The zero-order chi connectivity index (χ0) is 16.9. The lowest BCUT2D eigenvalue weighted by Gasteiger charge is -2.31. The number of benzene rings is 1. The van der Waals surface area contributed by atoms with Gasteiger partial charge in [-0.25, -0.2) is 14.6 Å². The third-order valence-corrected chi connectivity index (χ3v) is 4.48. The second kappa shape index (κ2) is 7.41. The highest BCUT2D eigenvalue weighted by Gasteiger charge is 2.28. The molecule has 8 heteroatoms. The number of carboxylic acids is 1. The van der Waals surface area contributed by atoms with Crippen molar-refractivity contribution in [1.82, 2.24) is 9.88 Å². The smallest absolute Gasteiger partial charge is 0.410 e. The number of nitrogens with zero attached hydrogens (tertiary/aromatic N) is 2. The molecule has 2 heterocycles. The molecule has 1 saturated heterocycles. The fraction of sp³-hybridized carbons (Fsp3) is 0.312. The second-order valence-corrected chi connectivity index (χ2v) is 6.11. The minimum atomic E-state index is -1.08. The number of carbonyl (C=O) groups excluding carboxylic acids is 1. The van der Waals surface area contributed by atoms with Gasteiger partial charge in [-0.15, -0.1) is 11.3 Å². The monoisotopic (exact) mass is 348 g/mol. The molecule has 7 nitrogen and oxygen atoms in total. The Morgan fingerprint density at radius 1 is 1.38 bits per heavy atom. The van der Waals surface area contributed by atoms with E-state index in [1.807, 2.05) is 30.3 Å². The van der Waals surface area contributed by atoms with Gasteiger partial charge in [-0.2, -0.15) is 0 Å². The minimum Gasteiger partial charge on any atom is -0.476 e. The van der Waals surface area contributed by atoms with Crippen molar-refractivity contribution >= 4 is 23.4 Å². The van der Waals surface area contributed by atoms with Crippen LogP contribution in [0.15, 0.2) is 35.7 Å². The zero-order valence-electron chi connectivity index (χ0n) is 12.8. The molecular formula is C16H16N2O5S. The summed E-state index contributed by atoms with van der Waals surface area (Å²) in [5, 5.41) is 10.9. The Hall–Kier alpha value is -2.45. The van der Waals surface area contributed by atoms with Crippen LogP contribution in [-0.4, -0.2) is 46.7 Å². The van der Waals surface area contributed by atoms with Crippen molar-refractivity contribution in [1.29, 1.82) is 0 Å². The van der Waals surface area contributed by atoms with Crippen LogP contribution >= 0.6 is 11.3 Å². The maximum absolute atomic E-state index is 12.2. The Morgan fingerprint density at radius 3 is 2.88 bits per heavy atom. The predicted molar refractivity (Wildman–Crippen MR) is 86.0 cm³/mol. The summed E-state index contributed by atoms with van der Waals surface area (Å²) >= 11 is 1.21. The molecule has 1 aliphatic rings. The molecule has 0 saturated carbocycles. The van der Waals surface area contributed by atoms with Crippen LogP contribution in [0.25, 0.3) is 0 Å². The van der Waals surface area contributed by atoms with Crippen LogP contribution in [-0.2, 0) is 16.1 Å². The van der Waals surface area contributed by atoms with Crippen molar-refractivity contribution in [3.63, 3.8) is 0 Å². The van der Waals surface area contributed by atoms with Gasteiger partial charge in [-0.05, 0) is 5.56 Å². The van der Waals surface area contributed by atoms with Gasteiger partial charge >= 0.3 is 12.1 Å². The number of morpholine rings is 1. The van der Waals surface area contributed by atoms with E-state index in [9.17, 15) is 9.59 Å². The van der Waals surface area contributed by atoms with E-state index >= 15 is 0 Å². The lowest BCUT2D eigenvalue weighted by atomic mass is 10.2. The molecular weight excluding hydrogens is 332 g/mol. The molecule has 0 aliphatic carbocycles. The molecule has 1 fully saturated rings. The van der Waals surface area contributed by atoms with E-state index < -0.39 is 18.2 Å². The summed E-state index contributed by atoms with van der Waals surface area (Å²) < 4.78 is 10.9. The Balaban J connectivity index is 1.58. The van der Waals surface area contributed by atoms with Crippen molar-refractivity contribution in [2.45, 2.75) is 12.7 Å². The summed E-state index contributed by atoms with van der Waals surface area (Å²) in [5.74, 6) is -1.08. The van der Waals surface area contributed by atoms with E-state index in [1.54, 1.807) is 4.90 Å². The Bertz CT molecular complexity index is 718. The zero-order valence-corrected chi connectivity index (χ0v) is 13.6. The van der Waals surface area contributed by atoms with Crippen molar-refractivity contribution in [3.8, 4) is 0 Å². The average molecular weight is 348 g/mol. The van der Waals surface area contributed by atoms with Crippen molar-refractivity contribution < 1.29 is 24.2 Å². The molecule has 1 aliphatic heterocycles. The summed E-state index contributed by atoms with van der Waals surface area (Å²) in [6.45, 7) is 1.29. The first kappa shape index (κ1) is 16.4. The first-order valence-corrected chi connectivity index (χ1v) is 8.27. The number of thiazole rings is 1. The van der Waals surface area contributed by atoms with Crippen LogP contribution in [0.1, 0.15) is 27.2 Å². The van der Waals surface area contributed by atoms with Crippen LogP contribution < -0.4 is 0 Å². The SMILES string of the molecule is O=C(O)c1csc(C2CN(C(=O)OCc3ccccc3)CCO2)n1. The van der Waals surface area contributed by atoms with Crippen molar-refractivity contribution in [2.75, 3.05) is 19.7 Å². The molecule has 0 radical (unpaired) electrons. The van der Waals surface area contributed by atoms with E-state index in [0.717, 1.165) is 5.56 Å². The maximum Gasteiger partial charge on any atom is 0.410 e. The number of aromatic carboxylic acids is 1. The molecule has 1 N–H and O–H groups in total. The summed E-state index contributed by atoms with van der Waals surface area (Å²) in [6.07, 6.45) is -0.844. The van der Waals surface area contributed by atoms with E-state index in [-0.39, 0.29) is 12.3 Å². The van der Waals surface area contributed by atoms with Gasteiger partial charge in [0.15, 0.2) is 5.69 Å². The lowest BCUT2D eigenvalue weighted by molar-refractivity contribution is -0.0297. The molecule has 1 aromatic carbocycles. The summed E-state index contributed by atoms with van der Waals surface area (Å²) in [5.41, 5.74) is 0.907. The molecule has 3 rings (SSSR count). The molecule has 1 aromatic heterocycles. The molecule has 24 heavy (non-hydrogen) atoms. The average Bonchev–Trinajstić information content (AvgIpc) is 3.11. The van der Waals surface area contributed by atoms with Gasteiger partial charge in [-0.3, -0.25) is 0 Å². The van der Waals surface area contributed by atoms with Gasteiger partial charge in [0, 0.05) is 11.9 Å². The number of amides is 1. The Morgan fingerprint density at radius 2 is 2.17 bits per heavy atom. The number of rotatable bonds is 4. The molecule has 0 spiro atoms. The highest BCUT2D eigenvalue weighted by molar-refractivity contribution is 7.09. The number of ether oxygens (including phenoxy) is 2. The highest BCUT2D eigenvalue weighted by atomic mass is 32.1. The summed E-state index contributed by atoms with van der Waals surface area (Å²) in [7, 11) is 0. The number of hydrogen-bond acceptors (Lipinski definition) is 6. The number of hydrogen-bond donors (Lipinski definition) is 1. The summed E-state index contributed by atoms with van der Waals surface area (Å²) in [6, 6.07) is 9.45. The molecule has 1 unspecified atom stereocenters.